The number of thioether (sulfide) groups is 1. The predicted molar refractivity (Wildman–Crippen MR) is 106 cm³/mol. The number of nitrogens with one attached hydrogen (secondary N) is 1. The lowest BCUT2D eigenvalue weighted by Crippen LogP contribution is -2.14. The van der Waals surface area contributed by atoms with E-state index in [-0.39, 0.29) is 17.4 Å². The summed E-state index contributed by atoms with van der Waals surface area (Å²) in [6, 6.07) is 14.9. The van der Waals surface area contributed by atoms with Crippen LogP contribution in [-0.4, -0.2) is 26.8 Å². The van der Waals surface area contributed by atoms with Crippen LogP contribution in [0.5, 0.6) is 0 Å². The minimum atomic E-state index is -0.127. The predicted octanol–water partition coefficient (Wildman–Crippen LogP) is 4.45. The Labute approximate surface area is 160 Å². The summed E-state index contributed by atoms with van der Waals surface area (Å²) in [5.74, 6) is 0.797. The second kappa shape index (κ2) is 8.25. The largest absolute Gasteiger partial charge is 0.325 e. The van der Waals surface area contributed by atoms with Crippen molar-refractivity contribution in [3.05, 3.63) is 59.7 Å². The average molecular weight is 383 g/mol. The van der Waals surface area contributed by atoms with Crippen LogP contribution in [0.25, 0.3) is 11.4 Å². The van der Waals surface area contributed by atoms with E-state index in [4.69, 9.17) is 0 Å². The molecule has 0 radical (unpaired) electrons. The van der Waals surface area contributed by atoms with Gasteiger partial charge in [0.15, 0.2) is 15.9 Å². The number of carbonyl (C=O) groups is 2. The lowest BCUT2D eigenvalue weighted by atomic mass is 10.1. The highest BCUT2D eigenvalue weighted by Gasteiger charge is 2.10. The first-order valence-electron chi connectivity index (χ1n) is 7.95. The van der Waals surface area contributed by atoms with Gasteiger partial charge in [0.1, 0.15) is 0 Å². The summed E-state index contributed by atoms with van der Waals surface area (Å²) >= 11 is 2.64. The number of Topliss-reactive ketones (excluding diaryl/α,β-unsaturated/α-hetero) is 1. The molecule has 0 bridgehead atoms. The Morgan fingerprint density at radius 3 is 2.42 bits per heavy atom. The number of amides is 1. The molecule has 132 valence electrons. The summed E-state index contributed by atoms with van der Waals surface area (Å²) in [6.07, 6.45) is 0. The van der Waals surface area contributed by atoms with Crippen molar-refractivity contribution < 1.29 is 9.59 Å². The first-order valence-corrected chi connectivity index (χ1v) is 9.71. The zero-order chi connectivity index (χ0) is 18.5. The number of hydrogen-bond donors (Lipinski definition) is 1. The molecule has 1 heterocycles. The zero-order valence-corrected chi connectivity index (χ0v) is 16.0. The molecule has 0 saturated heterocycles. The summed E-state index contributed by atoms with van der Waals surface area (Å²) in [5, 5.41) is 2.81. The van der Waals surface area contributed by atoms with Crippen molar-refractivity contribution in [3.8, 4) is 11.4 Å². The molecule has 7 heteroatoms. The van der Waals surface area contributed by atoms with Gasteiger partial charge in [-0.1, -0.05) is 41.6 Å². The van der Waals surface area contributed by atoms with Gasteiger partial charge in [0.05, 0.1) is 5.75 Å². The van der Waals surface area contributed by atoms with Crippen LogP contribution in [0.15, 0.2) is 52.9 Å². The molecule has 0 atom stereocenters. The molecule has 0 unspecified atom stereocenters. The average Bonchev–Trinajstić information content (AvgIpc) is 3.10. The molecule has 0 aliphatic carbocycles. The smallest absolute Gasteiger partial charge is 0.234 e. The lowest BCUT2D eigenvalue weighted by molar-refractivity contribution is -0.113. The van der Waals surface area contributed by atoms with Gasteiger partial charge in [-0.3, -0.25) is 9.59 Å². The molecule has 0 aliphatic rings. The quantitative estimate of drug-likeness (QED) is 0.503. The van der Waals surface area contributed by atoms with Crippen LogP contribution in [0.3, 0.4) is 0 Å². The van der Waals surface area contributed by atoms with Gasteiger partial charge in [-0.25, -0.2) is 4.98 Å². The SMILES string of the molecule is CC(=O)c1ccc(NC(=O)CSc2nc(-c3ccc(C)cc3)ns2)cc1. The van der Waals surface area contributed by atoms with E-state index in [1.807, 2.05) is 31.2 Å². The van der Waals surface area contributed by atoms with Crippen LogP contribution in [0.1, 0.15) is 22.8 Å². The highest BCUT2D eigenvalue weighted by Crippen LogP contribution is 2.25. The normalized spacial score (nSPS) is 10.5. The molecule has 3 aromatic rings. The maximum atomic E-state index is 12.1. The van der Waals surface area contributed by atoms with Crippen molar-refractivity contribution in [3.63, 3.8) is 0 Å². The van der Waals surface area contributed by atoms with Crippen LogP contribution in [0, 0.1) is 6.92 Å². The van der Waals surface area contributed by atoms with Crippen molar-refractivity contribution in [2.75, 3.05) is 11.1 Å². The fourth-order valence-corrected chi connectivity index (χ4v) is 3.62. The number of anilines is 1. The Kier molecular flexibility index (Phi) is 5.80. The van der Waals surface area contributed by atoms with Gasteiger partial charge < -0.3 is 5.32 Å². The number of benzene rings is 2. The van der Waals surface area contributed by atoms with Gasteiger partial charge in [-0.05, 0) is 49.6 Å². The van der Waals surface area contributed by atoms with Crippen molar-refractivity contribution in [1.82, 2.24) is 9.36 Å². The highest BCUT2D eigenvalue weighted by molar-refractivity contribution is 8.01. The molecule has 3 rings (SSSR count). The number of aromatic nitrogens is 2. The number of hydrogen-bond acceptors (Lipinski definition) is 6. The van der Waals surface area contributed by atoms with Crippen molar-refractivity contribution in [1.29, 1.82) is 0 Å². The molecular formula is C19H17N3O2S2. The monoisotopic (exact) mass is 383 g/mol. The molecule has 0 saturated carbocycles. The van der Waals surface area contributed by atoms with Gasteiger partial charge in [-0.2, -0.15) is 4.37 Å². The Hall–Kier alpha value is -2.51. The third-order valence-electron chi connectivity index (χ3n) is 3.62. The van der Waals surface area contributed by atoms with E-state index in [1.54, 1.807) is 24.3 Å². The molecular weight excluding hydrogens is 366 g/mol. The van der Waals surface area contributed by atoms with Crippen molar-refractivity contribution in [2.24, 2.45) is 0 Å². The van der Waals surface area contributed by atoms with Crippen LogP contribution in [0.4, 0.5) is 5.69 Å². The maximum Gasteiger partial charge on any atom is 0.234 e. The Morgan fingerprint density at radius 1 is 1.08 bits per heavy atom. The van der Waals surface area contributed by atoms with Crippen molar-refractivity contribution >= 4 is 40.7 Å². The summed E-state index contributed by atoms with van der Waals surface area (Å²) in [5.41, 5.74) is 3.44. The number of ketones is 1. The third kappa shape index (κ3) is 4.77. The molecule has 26 heavy (non-hydrogen) atoms. The summed E-state index contributed by atoms with van der Waals surface area (Å²) in [4.78, 5) is 27.8. The highest BCUT2D eigenvalue weighted by atomic mass is 32.2. The first kappa shape index (κ1) is 18.3. The molecule has 1 aromatic heterocycles. The van der Waals surface area contributed by atoms with E-state index in [0.29, 0.717) is 17.1 Å². The Morgan fingerprint density at radius 2 is 1.77 bits per heavy atom. The molecule has 0 spiro atoms. The van der Waals surface area contributed by atoms with E-state index in [0.717, 1.165) is 9.90 Å². The van der Waals surface area contributed by atoms with Gasteiger partial charge in [-0.15, -0.1) is 0 Å². The molecule has 1 N–H and O–H groups in total. The third-order valence-corrected chi connectivity index (χ3v) is 5.45. The minimum Gasteiger partial charge on any atom is -0.325 e. The summed E-state index contributed by atoms with van der Waals surface area (Å²) < 4.78 is 5.10. The van der Waals surface area contributed by atoms with E-state index in [2.05, 4.69) is 14.7 Å². The van der Waals surface area contributed by atoms with Gasteiger partial charge in [0.2, 0.25) is 5.91 Å². The second-order valence-corrected chi connectivity index (χ2v) is 7.69. The maximum absolute atomic E-state index is 12.1. The number of nitrogens with zero attached hydrogens (tertiary/aromatic N) is 2. The fraction of sp³-hybridized carbons (Fsp3) is 0.158. The summed E-state index contributed by atoms with van der Waals surface area (Å²) in [6.45, 7) is 3.54. The molecule has 5 nitrogen and oxygen atoms in total. The second-order valence-electron chi connectivity index (χ2n) is 5.72. The standard InChI is InChI=1S/C19H17N3O2S2/c1-12-3-5-15(6-4-12)18-21-19(26-22-18)25-11-17(24)20-16-9-7-14(8-10-16)13(2)23/h3-10H,11H2,1-2H3,(H,20,24). The zero-order valence-electron chi connectivity index (χ0n) is 14.4. The van der Waals surface area contributed by atoms with Gasteiger partial charge >= 0.3 is 0 Å². The Bertz CT molecular complexity index is 919. The molecule has 2 aromatic carbocycles. The van der Waals surface area contributed by atoms with Crippen LogP contribution < -0.4 is 5.32 Å². The first-order chi connectivity index (χ1) is 12.5. The van der Waals surface area contributed by atoms with E-state index >= 15 is 0 Å². The van der Waals surface area contributed by atoms with Gasteiger partial charge in [0.25, 0.3) is 0 Å². The molecule has 1 amide bonds. The van der Waals surface area contributed by atoms with E-state index in [1.165, 1.54) is 35.8 Å². The lowest BCUT2D eigenvalue weighted by Gasteiger charge is -2.04. The van der Waals surface area contributed by atoms with Crippen LogP contribution in [-0.2, 0) is 4.79 Å². The number of rotatable bonds is 6. The van der Waals surface area contributed by atoms with Crippen LogP contribution >= 0.6 is 23.3 Å². The number of carbonyl (C=O) groups excluding carboxylic acids is 2. The van der Waals surface area contributed by atoms with Crippen LogP contribution in [0.2, 0.25) is 0 Å². The van der Waals surface area contributed by atoms with Crippen molar-refractivity contribution in [2.45, 2.75) is 18.2 Å². The Balaban J connectivity index is 1.54. The van der Waals surface area contributed by atoms with E-state index in [9.17, 15) is 9.59 Å². The molecule has 0 aliphatic heterocycles. The van der Waals surface area contributed by atoms with Gasteiger partial charge in [0, 0.05) is 16.8 Å². The topological polar surface area (TPSA) is 72.0 Å². The fourth-order valence-electron chi connectivity index (χ4n) is 2.20. The molecule has 0 fully saturated rings. The van der Waals surface area contributed by atoms with E-state index < -0.39 is 0 Å². The number of aryl methyl sites for hydroxylation is 1. The summed E-state index contributed by atoms with van der Waals surface area (Å²) in [7, 11) is 0. The minimum absolute atomic E-state index is 0.000849.